The van der Waals surface area contributed by atoms with Gasteiger partial charge in [-0.3, -0.25) is 14.4 Å². The van der Waals surface area contributed by atoms with Crippen molar-refractivity contribution in [3.63, 3.8) is 0 Å². The van der Waals surface area contributed by atoms with Crippen molar-refractivity contribution < 1.29 is 14.4 Å². The van der Waals surface area contributed by atoms with E-state index in [9.17, 15) is 14.4 Å². The van der Waals surface area contributed by atoms with Gasteiger partial charge in [0.1, 0.15) is 17.9 Å². The van der Waals surface area contributed by atoms with Crippen LogP contribution in [0, 0.1) is 5.92 Å². The Kier molecular flexibility index (Phi) is 8.02. The Morgan fingerprint density at radius 2 is 1.61 bits per heavy atom. The van der Waals surface area contributed by atoms with E-state index in [1.54, 1.807) is 6.92 Å². The van der Waals surface area contributed by atoms with Crippen molar-refractivity contribution in [2.45, 2.75) is 64.6 Å². The van der Waals surface area contributed by atoms with Gasteiger partial charge in [-0.15, -0.1) is 0 Å². The fourth-order valence-electron chi connectivity index (χ4n) is 4.54. The van der Waals surface area contributed by atoms with Gasteiger partial charge in [-0.2, -0.15) is 4.98 Å². The molecule has 2 bridgehead atoms. The van der Waals surface area contributed by atoms with E-state index in [1.165, 1.54) is 11.1 Å². The van der Waals surface area contributed by atoms with Crippen LogP contribution in [0.4, 0.5) is 11.8 Å². The van der Waals surface area contributed by atoms with Gasteiger partial charge in [-0.05, 0) is 36.8 Å². The van der Waals surface area contributed by atoms with E-state index in [0.29, 0.717) is 31.3 Å². The van der Waals surface area contributed by atoms with Crippen molar-refractivity contribution in [2.75, 3.05) is 23.7 Å². The van der Waals surface area contributed by atoms with Crippen LogP contribution in [0.15, 0.2) is 30.3 Å². The van der Waals surface area contributed by atoms with Crippen LogP contribution in [0.1, 0.15) is 44.0 Å². The summed E-state index contributed by atoms with van der Waals surface area (Å²) >= 11 is 0. The van der Waals surface area contributed by atoms with Crippen LogP contribution in [-0.4, -0.2) is 58.9 Å². The molecule has 1 aliphatic carbocycles. The summed E-state index contributed by atoms with van der Waals surface area (Å²) < 4.78 is 0. The smallest absolute Gasteiger partial charge is 0.243 e. The second-order valence-corrected chi connectivity index (χ2v) is 9.82. The minimum absolute atomic E-state index is 0.129. The van der Waals surface area contributed by atoms with Crippen LogP contribution in [0.5, 0.6) is 0 Å². The number of carbonyl (C=O) groups is 3. The molecule has 10 nitrogen and oxygen atoms in total. The highest BCUT2D eigenvalue weighted by Crippen LogP contribution is 2.24. The molecule has 3 amide bonds. The molecule has 5 N–H and O–H groups in total. The Morgan fingerprint density at radius 1 is 0.917 bits per heavy atom. The second-order valence-electron chi connectivity index (χ2n) is 9.82. The predicted molar refractivity (Wildman–Crippen MR) is 137 cm³/mol. The number of aromatic nitrogens is 2. The molecule has 0 radical (unpaired) electrons. The van der Waals surface area contributed by atoms with Crippen LogP contribution in [0.2, 0.25) is 0 Å². The van der Waals surface area contributed by atoms with Crippen LogP contribution in [-0.2, 0) is 33.6 Å². The zero-order valence-corrected chi connectivity index (χ0v) is 21.1. The quantitative estimate of drug-likeness (QED) is 0.433. The maximum Gasteiger partial charge on any atom is 0.243 e. The minimum Gasteiger partial charge on any atom is -0.369 e. The van der Waals surface area contributed by atoms with E-state index in [-0.39, 0.29) is 36.1 Å². The zero-order chi connectivity index (χ0) is 25.7. The number of fused-ring (bicyclic) bond motifs is 3. The highest BCUT2D eigenvalue weighted by atomic mass is 16.2. The summed E-state index contributed by atoms with van der Waals surface area (Å²) in [6, 6.07) is 9.00. The van der Waals surface area contributed by atoms with Gasteiger partial charge < -0.3 is 26.6 Å². The Morgan fingerprint density at radius 3 is 2.31 bits per heavy atom. The molecule has 10 heteroatoms. The highest BCUT2D eigenvalue weighted by molar-refractivity contribution is 5.92. The van der Waals surface area contributed by atoms with Gasteiger partial charge in [0.15, 0.2) is 0 Å². The molecule has 1 aromatic heterocycles. The normalized spacial score (nSPS) is 21.7. The SMILES string of the molecule is CC(C)[C@H]1NC(=O)CCNc2cc(nc(NC3Cc4ccccc4C3)n2)CCNC(=O)[C@H](C)NC1=O. The summed E-state index contributed by atoms with van der Waals surface area (Å²) in [4.78, 5) is 47.1. The predicted octanol–water partition coefficient (Wildman–Crippen LogP) is 1.18. The third-order valence-electron chi connectivity index (χ3n) is 6.52. The van der Waals surface area contributed by atoms with Gasteiger partial charge >= 0.3 is 0 Å². The molecule has 36 heavy (non-hydrogen) atoms. The topological polar surface area (TPSA) is 137 Å². The van der Waals surface area contributed by atoms with Crippen LogP contribution < -0.4 is 26.6 Å². The zero-order valence-electron chi connectivity index (χ0n) is 21.1. The molecule has 0 unspecified atom stereocenters. The first-order valence-corrected chi connectivity index (χ1v) is 12.6. The lowest BCUT2D eigenvalue weighted by Gasteiger charge is -2.24. The summed E-state index contributed by atoms with van der Waals surface area (Å²) in [5, 5.41) is 15.0. The van der Waals surface area contributed by atoms with Crippen molar-refractivity contribution in [2.24, 2.45) is 5.92 Å². The lowest BCUT2D eigenvalue weighted by Crippen LogP contribution is -2.54. The Labute approximate surface area is 211 Å². The molecule has 2 aromatic rings. The third kappa shape index (κ3) is 6.50. The maximum atomic E-state index is 12.7. The molecule has 2 heterocycles. The van der Waals surface area contributed by atoms with Crippen LogP contribution >= 0.6 is 0 Å². The fourth-order valence-corrected chi connectivity index (χ4v) is 4.54. The number of anilines is 2. The van der Waals surface area contributed by atoms with E-state index in [4.69, 9.17) is 0 Å². The van der Waals surface area contributed by atoms with Gasteiger partial charge in [0, 0.05) is 43.7 Å². The van der Waals surface area contributed by atoms with Gasteiger partial charge in [0.05, 0.1) is 0 Å². The number of rotatable bonds is 3. The minimum atomic E-state index is -0.729. The van der Waals surface area contributed by atoms with Gasteiger partial charge in [-0.25, -0.2) is 4.98 Å². The van der Waals surface area contributed by atoms with E-state index in [1.807, 2.05) is 19.9 Å². The summed E-state index contributed by atoms with van der Waals surface area (Å²) in [5.41, 5.74) is 3.43. The number of benzene rings is 1. The number of carbonyl (C=O) groups excluding carboxylic acids is 3. The molecule has 0 spiro atoms. The largest absolute Gasteiger partial charge is 0.369 e. The van der Waals surface area contributed by atoms with E-state index in [0.717, 1.165) is 18.5 Å². The average Bonchev–Trinajstić information content (AvgIpc) is 3.23. The number of nitrogens with zero attached hydrogens (tertiary/aromatic N) is 2. The summed E-state index contributed by atoms with van der Waals surface area (Å²) in [6.45, 7) is 6.06. The molecule has 0 saturated heterocycles. The molecular weight excluding hydrogens is 458 g/mol. The van der Waals surface area contributed by atoms with Crippen molar-refractivity contribution in [1.29, 1.82) is 0 Å². The maximum absolute atomic E-state index is 12.7. The van der Waals surface area contributed by atoms with Crippen LogP contribution in [0.3, 0.4) is 0 Å². The Hall–Kier alpha value is -3.69. The first-order valence-electron chi connectivity index (χ1n) is 12.6. The third-order valence-corrected chi connectivity index (χ3v) is 6.52. The number of nitrogens with one attached hydrogen (secondary N) is 5. The van der Waals surface area contributed by atoms with Gasteiger partial charge in [-0.1, -0.05) is 38.1 Å². The Balaban J connectivity index is 1.49. The van der Waals surface area contributed by atoms with Crippen molar-refractivity contribution in [1.82, 2.24) is 25.9 Å². The van der Waals surface area contributed by atoms with Gasteiger partial charge in [0.25, 0.3) is 0 Å². The number of hydrogen-bond acceptors (Lipinski definition) is 7. The van der Waals surface area contributed by atoms with E-state index in [2.05, 4.69) is 60.8 Å². The molecule has 4 rings (SSSR count). The molecule has 0 saturated carbocycles. The second kappa shape index (κ2) is 11.4. The summed E-state index contributed by atoms with van der Waals surface area (Å²) in [6.07, 6.45) is 2.48. The lowest BCUT2D eigenvalue weighted by atomic mass is 10.0. The van der Waals surface area contributed by atoms with Crippen molar-refractivity contribution in [3.05, 3.63) is 47.2 Å². The summed E-state index contributed by atoms with van der Waals surface area (Å²) in [5.74, 6) is 0.0758. The summed E-state index contributed by atoms with van der Waals surface area (Å²) in [7, 11) is 0. The standard InChI is InChI=1S/C26H35N7O3/c1-15(2)23-25(36)29-16(3)24(35)28-10-8-19-14-21(27-11-9-22(34)33-23)32-26(30-19)31-20-12-17-6-4-5-7-18(17)13-20/h4-7,14-16,20,23H,8-13H2,1-3H3,(H,28,35)(H,29,36)(H,33,34)(H2,27,30,31,32)/t16-,23+/m0/s1. The number of amides is 3. The lowest BCUT2D eigenvalue weighted by molar-refractivity contribution is -0.132. The fraction of sp³-hybridized carbons (Fsp3) is 0.500. The van der Waals surface area contributed by atoms with Crippen LogP contribution in [0.25, 0.3) is 0 Å². The molecular formula is C26H35N7O3. The Bertz CT molecular complexity index is 1100. The molecule has 0 fully saturated rings. The van der Waals surface area contributed by atoms with Crippen molar-refractivity contribution in [3.8, 4) is 0 Å². The highest BCUT2D eigenvalue weighted by Gasteiger charge is 2.27. The molecule has 192 valence electrons. The van der Waals surface area contributed by atoms with Gasteiger partial charge in [0.2, 0.25) is 23.7 Å². The number of hydrogen-bond donors (Lipinski definition) is 5. The molecule has 1 aromatic carbocycles. The average molecular weight is 494 g/mol. The molecule has 2 aliphatic rings. The van der Waals surface area contributed by atoms with Crippen molar-refractivity contribution >= 4 is 29.5 Å². The molecule has 2 atom stereocenters. The monoisotopic (exact) mass is 493 g/mol. The first-order chi connectivity index (χ1) is 17.3. The first kappa shape index (κ1) is 25.4. The van der Waals surface area contributed by atoms with E-state index >= 15 is 0 Å². The van der Waals surface area contributed by atoms with E-state index < -0.39 is 12.1 Å². The molecule has 1 aliphatic heterocycles.